The summed E-state index contributed by atoms with van der Waals surface area (Å²) in [6.07, 6.45) is 3.54. The number of hydrogen-bond acceptors (Lipinski definition) is 6. The zero-order valence-corrected chi connectivity index (χ0v) is 13.4. The first-order valence-electron chi connectivity index (χ1n) is 7.22. The van der Waals surface area contributed by atoms with Crippen LogP contribution >= 0.6 is 11.8 Å². The Labute approximate surface area is 133 Å². The molecule has 2 rings (SSSR count). The summed E-state index contributed by atoms with van der Waals surface area (Å²) < 4.78 is 11.0. The number of thioether (sulfide) groups is 1. The SMILES string of the molecule is CCC(=O)OC1CCCC(c2ccc(SC)c([N+](=O)[O-])c2)O1. The average molecular weight is 325 g/mol. The quantitative estimate of drug-likeness (QED) is 0.354. The van der Waals surface area contributed by atoms with E-state index >= 15 is 0 Å². The lowest BCUT2D eigenvalue weighted by molar-refractivity contribution is -0.387. The van der Waals surface area contributed by atoms with Gasteiger partial charge in [0.1, 0.15) is 0 Å². The van der Waals surface area contributed by atoms with Crippen molar-refractivity contribution in [2.24, 2.45) is 0 Å². The van der Waals surface area contributed by atoms with Gasteiger partial charge < -0.3 is 9.47 Å². The predicted octanol–water partition coefficient (Wildman–Crippen LogP) is 3.84. The van der Waals surface area contributed by atoms with Gasteiger partial charge in [-0.15, -0.1) is 11.8 Å². The van der Waals surface area contributed by atoms with Crippen LogP contribution in [0.4, 0.5) is 5.69 Å². The Morgan fingerprint density at radius 3 is 2.91 bits per heavy atom. The molecule has 0 radical (unpaired) electrons. The van der Waals surface area contributed by atoms with Gasteiger partial charge in [-0.3, -0.25) is 14.9 Å². The second kappa shape index (κ2) is 7.60. The van der Waals surface area contributed by atoms with Crippen LogP contribution in [-0.2, 0) is 14.3 Å². The summed E-state index contributed by atoms with van der Waals surface area (Å²) in [5.41, 5.74) is 0.836. The predicted molar refractivity (Wildman–Crippen MR) is 82.7 cm³/mol. The van der Waals surface area contributed by atoms with Crippen LogP contribution in [0.15, 0.2) is 23.1 Å². The molecular formula is C15H19NO5S. The van der Waals surface area contributed by atoms with Gasteiger partial charge in [0, 0.05) is 18.9 Å². The maximum Gasteiger partial charge on any atom is 0.307 e. The highest BCUT2D eigenvalue weighted by molar-refractivity contribution is 7.98. The van der Waals surface area contributed by atoms with Crippen molar-refractivity contribution in [3.8, 4) is 0 Å². The lowest BCUT2D eigenvalue weighted by Gasteiger charge is -2.29. The van der Waals surface area contributed by atoms with E-state index < -0.39 is 6.29 Å². The summed E-state index contributed by atoms with van der Waals surface area (Å²) in [5.74, 6) is -0.297. The van der Waals surface area contributed by atoms with E-state index in [2.05, 4.69) is 0 Å². The van der Waals surface area contributed by atoms with Gasteiger partial charge in [-0.1, -0.05) is 13.0 Å². The number of benzene rings is 1. The van der Waals surface area contributed by atoms with Crippen LogP contribution in [0.25, 0.3) is 0 Å². The maximum atomic E-state index is 11.4. The highest BCUT2D eigenvalue weighted by atomic mass is 32.2. The molecule has 120 valence electrons. The molecule has 0 N–H and O–H groups in total. The molecule has 7 heteroatoms. The molecule has 2 atom stereocenters. The van der Waals surface area contributed by atoms with Crippen molar-refractivity contribution in [3.63, 3.8) is 0 Å². The summed E-state index contributed by atoms with van der Waals surface area (Å²) in [7, 11) is 0. The van der Waals surface area contributed by atoms with E-state index in [1.165, 1.54) is 11.8 Å². The molecule has 0 aliphatic carbocycles. The molecule has 0 bridgehead atoms. The van der Waals surface area contributed by atoms with Crippen molar-refractivity contribution in [2.75, 3.05) is 6.26 Å². The Morgan fingerprint density at radius 1 is 1.50 bits per heavy atom. The molecule has 0 amide bonds. The molecule has 0 spiro atoms. The normalized spacial score (nSPS) is 21.4. The fourth-order valence-corrected chi connectivity index (χ4v) is 2.95. The third-order valence-electron chi connectivity index (χ3n) is 3.55. The van der Waals surface area contributed by atoms with Crippen molar-refractivity contribution < 1.29 is 19.2 Å². The third-order valence-corrected chi connectivity index (χ3v) is 4.33. The first kappa shape index (κ1) is 16.8. The van der Waals surface area contributed by atoms with Gasteiger partial charge in [0.05, 0.1) is 15.9 Å². The fraction of sp³-hybridized carbons (Fsp3) is 0.533. The Bertz CT molecular complexity index is 563. The summed E-state index contributed by atoms with van der Waals surface area (Å²) in [6.45, 7) is 1.73. The number of esters is 1. The Morgan fingerprint density at radius 2 is 2.27 bits per heavy atom. The highest BCUT2D eigenvalue weighted by Gasteiger charge is 2.27. The Kier molecular flexibility index (Phi) is 5.79. The second-order valence-corrected chi connectivity index (χ2v) is 5.87. The van der Waals surface area contributed by atoms with Crippen LogP contribution in [0.5, 0.6) is 0 Å². The summed E-state index contributed by atoms with van der Waals surface area (Å²) in [5, 5.41) is 11.1. The van der Waals surface area contributed by atoms with Crippen LogP contribution in [0, 0.1) is 10.1 Å². The number of nitrogens with zero attached hydrogens (tertiary/aromatic N) is 1. The monoisotopic (exact) mass is 325 g/mol. The maximum absolute atomic E-state index is 11.4. The zero-order valence-electron chi connectivity index (χ0n) is 12.6. The number of ether oxygens (including phenoxy) is 2. The minimum Gasteiger partial charge on any atom is -0.436 e. The molecule has 1 aromatic rings. The first-order valence-corrected chi connectivity index (χ1v) is 8.45. The van der Waals surface area contributed by atoms with Gasteiger partial charge in [0.25, 0.3) is 5.69 Å². The molecule has 1 aliphatic heterocycles. The second-order valence-electron chi connectivity index (χ2n) is 5.02. The molecule has 1 heterocycles. The molecule has 1 saturated heterocycles. The fourth-order valence-electron chi connectivity index (χ4n) is 2.40. The molecule has 1 fully saturated rings. The van der Waals surface area contributed by atoms with Gasteiger partial charge >= 0.3 is 5.97 Å². The number of nitro benzene ring substituents is 1. The van der Waals surface area contributed by atoms with E-state index in [4.69, 9.17) is 9.47 Å². The van der Waals surface area contributed by atoms with Crippen LogP contribution in [0.1, 0.15) is 44.3 Å². The number of nitro groups is 1. The van der Waals surface area contributed by atoms with Crippen LogP contribution < -0.4 is 0 Å². The molecule has 22 heavy (non-hydrogen) atoms. The van der Waals surface area contributed by atoms with E-state index in [1.807, 2.05) is 6.07 Å². The van der Waals surface area contributed by atoms with Gasteiger partial charge in [-0.05, 0) is 30.7 Å². The summed E-state index contributed by atoms with van der Waals surface area (Å²) in [6, 6.07) is 5.14. The average Bonchev–Trinajstić information content (AvgIpc) is 2.54. The molecule has 1 aliphatic rings. The van der Waals surface area contributed by atoms with Crippen molar-refractivity contribution >= 4 is 23.4 Å². The van der Waals surface area contributed by atoms with E-state index in [9.17, 15) is 14.9 Å². The molecule has 2 unspecified atom stereocenters. The van der Waals surface area contributed by atoms with E-state index in [1.54, 1.807) is 25.3 Å². The number of carbonyl (C=O) groups excluding carboxylic acids is 1. The lowest BCUT2D eigenvalue weighted by Crippen LogP contribution is -2.27. The standard InChI is InChI=1S/C15H19NO5S/c1-3-14(17)21-15-6-4-5-12(20-15)10-7-8-13(22-2)11(9-10)16(18)19/h7-9,12,15H,3-6H2,1-2H3. The molecule has 0 saturated carbocycles. The van der Waals surface area contributed by atoms with Crippen LogP contribution in [0.2, 0.25) is 0 Å². The molecular weight excluding hydrogens is 306 g/mol. The summed E-state index contributed by atoms with van der Waals surface area (Å²) in [4.78, 5) is 22.7. The van der Waals surface area contributed by atoms with E-state index in [0.29, 0.717) is 17.7 Å². The van der Waals surface area contributed by atoms with Crippen molar-refractivity contribution in [1.29, 1.82) is 0 Å². The first-order chi connectivity index (χ1) is 10.5. The summed E-state index contributed by atoms with van der Waals surface area (Å²) >= 11 is 1.34. The van der Waals surface area contributed by atoms with Crippen molar-refractivity contribution in [1.82, 2.24) is 0 Å². The molecule has 0 aromatic heterocycles. The minimum absolute atomic E-state index is 0.0845. The third kappa shape index (κ3) is 3.98. The van der Waals surface area contributed by atoms with Gasteiger partial charge in [0.2, 0.25) is 6.29 Å². The van der Waals surface area contributed by atoms with Gasteiger partial charge in [-0.2, -0.15) is 0 Å². The van der Waals surface area contributed by atoms with Gasteiger partial charge in [0.15, 0.2) is 0 Å². The van der Waals surface area contributed by atoms with Crippen LogP contribution in [-0.4, -0.2) is 23.4 Å². The minimum atomic E-state index is -0.564. The Hall–Kier alpha value is -1.60. The largest absolute Gasteiger partial charge is 0.436 e. The number of hydrogen-bond donors (Lipinski definition) is 0. The van der Waals surface area contributed by atoms with Crippen molar-refractivity contribution in [2.45, 2.75) is 49.9 Å². The topological polar surface area (TPSA) is 78.7 Å². The molecule has 1 aromatic carbocycles. The van der Waals surface area contributed by atoms with Crippen LogP contribution in [0.3, 0.4) is 0 Å². The lowest BCUT2D eigenvalue weighted by atomic mass is 10.0. The zero-order chi connectivity index (χ0) is 16.1. The highest BCUT2D eigenvalue weighted by Crippen LogP contribution is 2.36. The smallest absolute Gasteiger partial charge is 0.307 e. The molecule has 6 nitrogen and oxygen atoms in total. The van der Waals surface area contributed by atoms with Crippen molar-refractivity contribution in [3.05, 3.63) is 33.9 Å². The number of rotatable bonds is 5. The van der Waals surface area contributed by atoms with E-state index in [-0.39, 0.29) is 22.7 Å². The number of carbonyl (C=O) groups is 1. The Balaban J connectivity index is 2.15. The van der Waals surface area contributed by atoms with Gasteiger partial charge in [-0.25, -0.2) is 0 Å². The van der Waals surface area contributed by atoms with E-state index in [0.717, 1.165) is 18.4 Å².